The van der Waals surface area contributed by atoms with Gasteiger partial charge in [-0.2, -0.15) is 0 Å². The molecule has 1 aliphatic rings. The molecule has 196 valence electrons. The Bertz CT molecular complexity index is 1500. The van der Waals surface area contributed by atoms with Gasteiger partial charge in [0.15, 0.2) is 17.4 Å². The number of fused-ring (bicyclic) bond motifs is 1. The Morgan fingerprint density at radius 2 is 1.95 bits per heavy atom. The first-order chi connectivity index (χ1) is 18.5. The molecule has 4 aromatic rings. The summed E-state index contributed by atoms with van der Waals surface area (Å²) in [6.45, 7) is 1.95. The van der Waals surface area contributed by atoms with E-state index < -0.39 is 23.1 Å². The molecule has 5 rings (SSSR count). The molecule has 11 heteroatoms. The molecule has 1 aliphatic heterocycles. The number of carbonyl (C=O) groups is 1. The molecule has 3 heterocycles. The summed E-state index contributed by atoms with van der Waals surface area (Å²) < 4.78 is 44.3. The molecular formula is C27H24F2N4O5. The molecular weight excluding hydrogens is 498 g/mol. The molecule has 1 amide bonds. The van der Waals surface area contributed by atoms with Crippen molar-refractivity contribution in [2.45, 2.75) is 19.6 Å². The molecule has 0 aliphatic carbocycles. The third-order valence-corrected chi connectivity index (χ3v) is 6.03. The van der Waals surface area contributed by atoms with Crippen molar-refractivity contribution in [1.82, 2.24) is 20.3 Å². The Morgan fingerprint density at radius 1 is 1.11 bits per heavy atom. The van der Waals surface area contributed by atoms with Gasteiger partial charge in [0.25, 0.3) is 11.5 Å². The second kappa shape index (κ2) is 11.3. The molecule has 1 unspecified atom stereocenters. The molecule has 2 aromatic carbocycles. The summed E-state index contributed by atoms with van der Waals surface area (Å²) in [5.74, 6) is -1.56. The van der Waals surface area contributed by atoms with Crippen LogP contribution < -0.4 is 20.3 Å². The van der Waals surface area contributed by atoms with Crippen LogP contribution in [0.5, 0.6) is 11.6 Å². The highest BCUT2D eigenvalue weighted by atomic mass is 19.1. The van der Waals surface area contributed by atoms with Crippen LogP contribution in [-0.4, -0.2) is 40.7 Å². The summed E-state index contributed by atoms with van der Waals surface area (Å²) in [4.78, 5) is 36.4. The predicted octanol–water partition coefficient (Wildman–Crippen LogP) is 3.52. The Morgan fingerprint density at radius 3 is 2.74 bits per heavy atom. The smallest absolute Gasteiger partial charge is 0.287 e. The molecule has 1 saturated heterocycles. The van der Waals surface area contributed by atoms with E-state index in [0.29, 0.717) is 30.6 Å². The standard InChI is InChI=1S/C27H24F2N4O5/c28-19-3-1-16(2-4-19)14-38-24-20(29)5-6-21-23(24)26(34)33-25(32-21)27(35)31-12-17-7-9-30-22(11-17)37-15-18-8-10-36-13-18/h1-7,9,11,18H,8,10,12-15H2,(H,31,35)(H,32,33,34). The van der Waals surface area contributed by atoms with Gasteiger partial charge in [-0.25, -0.2) is 18.7 Å². The minimum Gasteiger partial charge on any atom is -0.485 e. The fourth-order valence-electron chi connectivity index (χ4n) is 3.99. The molecule has 0 spiro atoms. The predicted molar refractivity (Wildman–Crippen MR) is 133 cm³/mol. The maximum Gasteiger partial charge on any atom is 0.287 e. The van der Waals surface area contributed by atoms with Gasteiger partial charge in [0, 0.05) is 31.3 Å². The van der Waals surface area contributed by atoms with Crippen LogP contribution in [0.1, 0.15) is 28.2 Å². The van der Waals surface area contributed by atoms with Gasteiger partial charge in [-0.15, -0.1) is 0 Å². The lowest BCUT2D eigenvalue weighted by Gasteiger charge is -2.12. The van der Waals surface area contributed by atoms with E-state index in [4.69, 9.17) is 14.2 Å². The van der Waals surface area contributed by atoms with Crippen molar-refractivity contribution in [1.29, 1.82) is 0 Å². The normalized spacial score (nSPS) is 14.9. The summed E-state index contributed by atoms with van der Waals surface area (Å²) in [6, 6.07) is 11.3. The first-order valence-electron chi connectivity index (χ1n) is 12.0. The van der Waals surface area contributed by atoms with Gasteiger partial charge in [0.2, 0.25) is 5.88 Å². The largest absolute Gasteiger partial charge is 0.485 e. The van der Waals surface area contributed by atoms with E-state index in [1.165, 1.54) is 30.3 Å². The Kier molecular flexibility index (Phi) is 7.55. The molecule has 0 radical (unpaired) electrons. The molecule has 9 nitrogen and oxygen atoms in total. The number of nitrogens with one attached hydrogen (secondary N) is 2. The lowest BCUT2D eigenvalue weighted by atomic mass is 10.1. The van der Waals surface area contributed by atoms with Gasteiger partial charge < -0.3 is 24.5 Å². The number of aromatic amines is 1. The lowest BCUT2D eigenvalue weighted by molar-refractivity contribution is 0.0940. The van der Waals surface area contributed by atoms with Crippen LogP contribution in [0, 0.1) is 17.6 Å². The fourth-order valence-corrected chi connectivity index (χ4v) is 3.99. The van der Waals surface area contributed by atoms with Crippen molar-refractivity contribution in [2.24, 2.45) is 5.92 Å². The molecule has 1 atom stereocenters. The zero-order valence-corrected chi connectivity index (χ0v) is 20.2. The summed E-state index contributed by atoms with van der Waals surface area (Å²) >= 11 is 0. The molecule has 38 heavy (non-hydrogen) atoms. The van der Waals surface area contributed by atoms with Crippen molar-refractivity contribution in [3.63, 3.8) is 0 Å². The van der Waals surface area contributed by atoms with Gasteiger partial charge in [0.1, 0.15) is 17.8 Å². The number of amides is 1. The number of aromatic nitrogens is 3. The van der Waals surface area contributed by atoms with E-state index in [0.717, 1.165) is 24.7 Å². The summed E-state index contributed by atoms with van der Waals surface area (Å²) in [5, 5.41) is 2.57. The fraction of sp³-hybridized carbons (Fsp3) is 0.259. The number of pyridine rings is 1. The average Bonchev–Trinajstić information content (AvgIpc) is 3.45. The molecule has 1 fully saturated rings. The average molecular weight is 523 g/mol. The molecule has 2 aromatic heterocycles. The Hall–Kier alpha value is -4.38. The second-order valence-corrected chi connectivity index (χ2v) is 8.83. The maximum absolute atomic E-state index is 14.5. The van der Waals surface area contributed by atoms with E-state index >= 15 is 0 Å². The van der Waals surface area contributed by atoms with Crippen molar-refractivity contribution in [3.8, 4) is 11.6 Å². The van der Waals surface area contributed by atoms with Crippen LogP contribution in [0.3, 0.4) is 0 Å². The number of hydrogen-bond donors (Lipinski definition) is 2. The minimum atomic E-state index is -0.764. The third kappa shape index (κ3) is 5.94. The third-order valence-electron chi connectivity index (χ3n) is 6.03. The quantitative estimate of drug-likeness (QED) is 0.346. The first-order valence-corrected chi connectivity index (χ1v) is 12.0. The monoisotopic (exact) mass is 522 g/mol. The van der Waals surface area contributed by atoms with E-state index in [1.807, 2.05) is 0 Å². The number of benzene rings is 2. The van der Waals surface area contributed by atoms with Crippen LogP contribution in [0.25, 0.3) is 10.9 Å². The van der Waals surface area contributed by atoms with E-state index in [9.17, 15) is 18.4 Å². The van der Waals surface area contributed by atoms with Crippen LogP contribution >= 0.6 is 0 Å². The second-order valence-electron chi connectivity index (χ2n) is 8.83. The van der Waals surface area contributed by atoms with Crippen LogP contribution in [0.15, 0.2) is 59.5 Å². The Labute approximate surface area is 215 Å². The van der Waals surface area contributed by atoms with Crippen molar-refractivity contribution in [2.75, 3.05) is 19.8 Å². The number of nitrogens with zero attached hydrogens (tertiary/aromatic N) is 2. The summed E-state index contributed by atoms with van der Waals surface area (Å²) in [6.07, 6.45) is 2.53. The zero-order chi connectivity index (χ0) is 26.5. The number of rotatable bonds is 9. The van der Waals surface area contributed by atoms with Gasteiger partial charge in [-0.05, 0) is 47.9 Å². The summed E-state index contributed by atoms with van der Waals surface area (Å²) in [5.41, 5.74) is 0.683. The number of ether oxygens (including phenoxy) is 3. The van der Waals surface area contributed by atoms with Gasteiger partial charge in [0.05, 0.1) is 18.7 Å². The number of halogens is 2. The number of H-pyrrole nitrogens is 1. The summed E-state index contributed by atoms with van der Waals surface area (Å²) in [7, 11) is 0. The van der Waals surface area contributed by atoms with Crippen molar-refractivity contribution in [3.05, 3.63) is 93.7 Å². The van der Waals surface area contributed by atoms with E-state index in [-0.39, 0.29) is 35.6 Å². The van der Waals surface area contributed by atoms with E-state index in [1.54, 1.807) is 18.3 Å². The van der Waals surface area contributed by atoms with Gasteiger partial charge in [-0.3, -0.25) is 9.59 Å². The molecule has 2 N–H and O–H groups in total. The SMILES string of the molecule is O=C(NCc1ccnc(OCC2CCOC2)c1)c1nc2ccc(F)c(OCc3ccc(F)cc3)c2c(=O)[nH]1. The van der Waals surface area contributed by atoms with Gasteiger partial charge >= 0.3 is 0 Å². The highest BCUT2D eigenvalue weighted by Gasteiger charge is 2.19. The number of carbonyl (C=O) groups excluding carboxylic acids is 1. The molecule has 0 bridgehead atoms. The van der Waals surface area contributed by atoms with Crippen LogP contribution in [0.2, 0.25) is 0 Å². The van der Waals surface area contributed by atoms with Crippen LogP contribution in [-0.2, 0) is 17.9 Å². The Balaban J connectivity index is 1.27. The number of hydrogen-bond acceptors (Lipinski definition) is 7. The maximum atomic E-state index is 14.5. The van der Waals surface area contributed by atoms with Crippen molar-refractivity contribution < 1.29 is 27.8 Å². The van der Waals surface area contributed by atoms with Crippen LogP contribution in [0.4, 0.5) is 8.78 Å². The highest BCUT2D eigenvalue weighted by molar-refractivity contribution is 5.93. The molecule has 0 saturated carbocycles. The van der Waals surface area contributed by atoms with E-state index in [2.05, 4.69) is 20.3 Å². The van der Waals surface area contributed by atoms with Gasteiger partial charge in [-0.1, -0.05) is 12.1 Å². The topological polar surface area (TPSA) is 115 Å². The highest BCUT2D eigenvalue weighted by Crippen LogP contribution is 2.26. The first kappa shape index (κ1) is 25.3. The zero-order valence-electron chi connectivity index (χ0n) is 20.2. The van der Waals surface area contributed by atoms with Crippen molar-refractivity contribution >= 4 is 16.8 Å². The minimum absolute atomic E-state index is 0.0879. The lowest BCUT2D eigenvalue weighted by Crippen LogP contribution is -2.27.